The largest absolute Gasteiger partial charge is 0.206 e. The number of rotatable bonds is 5. The number of hydrogen-bond acceptors (Lipinski definition) is 0. The van der Waals surface area contributed by atoms with Crippen molar-refractivity contribution in [1.82, 2.24) is 0 Å². The van der Waals surface area contributed by atoms with E-state index in [-0.39, 0.29) is 4.47 Å². The maximum absolute atomic E-state index is 13.9. The SMILES string of the molecule is CCCCCc1ccc(-c2cc(F)c(Br)cc2F)cc1. The summed E-state index contributed by atoms with van der Waals surface area (Å²) < 4.78 is 27.5. The minimum absolute atomic E-state index is 0.148. The van der Waals surface area contributed by atoms with Crippen molar-refractivity contribution in [1.29, 1.82) is 0 Å². The molecule has 0 unspecified atom stereocenters. The van der Waals surface area contributed by atoms with E-state index in [9.17, 15) is 8.78 Å². The van der Waals surface area contributed by atoms with Gasteiger partial charge >= 0.3 is 0 Å². The Hall–Kier alpha value is -1.22. The fourth-order valence-corrected chi connectivity index (χ4v) is 2.49. The van der Waals surface area contributed by atoms with E-state index in [1.165, 1.54) is 30.5 Å². The fraction of sp³-hybridized carbons (Fsp3) is 0.294. The Kier molecular flexibility index (Phi) is 5.30. The molecule has 0 fully saturated rings. The molecule has 0 amide bonds. The number of aryl methyl sites for hydroxylation is 1. The van der Waals surface area contributed by atoms with Gasteiger partial charge in [-0.3, -0.25) is 0 Å². The van der Waals surface area contributed by atoms with E-state index in [1.54, 1.807) is 0 Å². The molecule has 2 rings (SSSR count). The molecule has 0 radical (unpaired) electrons. The van der Waals surface area contributed by atoms with Crippen molar-refractivity contribution in [3.05, 3.63) is 58.1 Å². The Labute approximate surface area is 127 Å². The number of hydrogen-bond donors (Lipinski definition) is 0. The van der Waals surface area contributed by atoms with Crippen LogP contribution in [0.5, 0.6) is 0 Å². The van der Waals surface area contributed by atoms with E-state index in [0.29, 0.717) is 11.1 Å². The van der Waals surface area contributed by atoms with Gasteiger partial charge in [-0.15, -0.1) is 0 Å². The summed E-state index contributed by atoms with van der Waals surface area (Å²) in [6, 6.07) is 10.1. The third kappa shape index (κ3) is 3.66. The Balaban J connectivity index is 2.19. The van der Waals surface area contributed by atoms with E-state index >= 15 is 0 Å². The van der Waals surface area contributed by atoms with Crippen LogP contribution in [0.25, 0.3) is 11.1 Å². The van der Waals surface area contributed by atoms with Gasteiger partial charge in [0.05, 0.1) is 4.47 Å². The molecule has 0 saturated heterocycles. The molecule has 0 bridgehead atoms. The van der Waals surface area contributed by atoms with E-state index < -0.39 is 11.6 Å². The highest BCUT2D eigenvalue weighted by atomic mass is 79.9. The summed E-state index contributed by atoms with van der Waals surface area (Å²) in [7, 11) is 0. The van der Waals surface area contributed by atoms with Crippen LogP contribution in [-0.2, 0) is 6.42 Å². The van der Waals surface area contributed by atoms with Crippen molar-refractivity contribution < 1.29 is 8.78 Å². The van der Waals surface area contributed by atoms with Crippen LogP contribution >= 0.6 is 15.9 Å². The summed E-state index contributed by atoms with van der Waals surface area (Å²) >= 11 is 2.98. The fourth-order valence-electron chi connectivity index (χ4n) is 2.17. The quantitative estimate of drug-likeness (QED) is 0.454. The molecule has 2 aromatic carbocycles. The molecule has 0 N–H and O–H groups in total. The van der Waals surface area contributed by atoms with Crippen molar-refractivity contribution in [2.24, 2.45) is 0 Å². The van der Waals surface area contributed by atoms with Gasteiger partial charge in [0.25, 0.3) is 0 Å². The minimum Gasteiger partial charge on any atom is -0.206 e. The Morgan fingerprint density at radius 1 is 0.950 bits per heavy atom. The monoisotopic (exact) mass is 338 g/mol. The van der Waals surface area contributed by atoms with Gasteiger partial charge in [0.2, 0.25) is 0 Å². The van der Waals surface area contributed by atoms with Gasteiger partial charge in [0.15, 0.2) is 0 Å². The number of benzene rings is 2. The topological polar surface area (TPSA) is 0 Å². The average molecular weight is 339 g/mol. The lowest BCUT2D eigenvalue weighted by Gasteiger charge is -2.07. The van der Waals surface area contributed by atoms with Crippen LogP contribution in [0.2, 0.25) is 0 Å². The highest BCUT2D eigenvalue weighted by Crippen LogP contribution is 2.28. The lowest BCUT2D eigenvalue weighted by Crippen LogP contribution is -1.90. The molecular formula is C17H17BrF2. The normalized spacial score (nSPS) is 10.8. The molecule has 0 heterocycles. The molecule has 0 aromatic heterocycles. The van der Waals surface area contributed by atoms with Crippen LogP contribution in [0.4, 0.5) is 8.78 Å². The van der Waals surface area contributed by atoms with Crippen molar-refractivity contribution in [2.75, 3.05) is 0 Å². The zero-order valence-electron chi connectivity index (χ0n) is 11.4. The predicted molar refractivity (Wildman–Crippen MR) is 82.7 cm³/mol. The molecule has 0 aliphatic rings. The lowest BCUT2D eigenvalue weighted by molar-refractivity contribution is 0.597. The smallest absolute Gasteiger partial charge is 0.138 e. The Morgan fingerprint density at radius 2 is 1.65 bits per heavy atom. The first-order valence-electron chi connectivity index (χ1n) is 6.85. The number of halogens is 3. The van der Waals surface area contributed by atoms with Crippen molar-refractivity contribution in [3.8, 4) is 11.1 Å². The maximum Gasteiger partial charge on any atom is 0.138 e. The third-order valence-corrected chi connectivity index (χ3v) is 3.95. The van der Waals surface area contributed by atoms with Gasteiger partial charge in [-0.2, -0.15) is 0 Å². The Morgan fingerprint density at radius 3 is 2.30 bits per heavy atom. The summed E-state index contributed by atoms with van der Waals surface area (Å²) in [6.45, 7) is 2.17. The van der Waals surface area contributed by atoms with E-state index in [0.717, 1.165) is 12.8 Å². The van der Waals surface area contributed by atoms with Crippen LogP contribution in [0.15, 0.2) is 40.9 Å². The second-order valence-electron chi connectivity index (χ2n) is 4.90. The summed E-state index contributed by atoms with van der Waals surface area (Å²) in [6.07, 6.45) is 4.61. The third-order valence-electron chi connectivity index (χ3n) is 3.34. The van der Waals surface area contributed by atoms with Gasteiger partial charge < -0.3 is 0 Å². The van der Waals surface area contributed by atoms with Gasteiger partial charge in [-0.25, -0.2) is 8.78 Å². The first kappa shape index (κ1) is 15.2. The van der Waals surface area contributed by atoms with Gasteiger partial charge in [-0.1, -0.05) is 44.0 Å². The predicted octanol–water partition coefficient (Wildman–Crippen LogP) is 6.13. The second-order valence-corrected chi connectivity index (χ2v) is 5.75. The molecule has 0 atom stereocenters. The van der Waals surface area contributed by atoms with Crippen LogP contribution in [0.1, 0.15) is 31.7 Å². The Bertz CT molecular complexity index is 576. The molecule has 0 aliphatic heterocycles. The highest BCUT2D eigenvalue weighted by molar-refractivity contribution is 9.10. The van der Waals surface area contributed by atoms with Crippen LogP contribution in [-0.4, -0.2) is 0 Å². The first-order valence-corrected chi connectivity index (χ1v) is 7.65. The van der Waals surface area contributed by atoms with Gasteiger partial charge in [0, 0.05) is 5.56 Å². The molecule has 0 saturated carbocycles. The first-order chi connectivity index (χ1) is 9.61. The molecule has 0 aliphatic carbocycles. The summed E-state index contributed by atoms with van der Waals surface area (Å²) in [5, 5.41) is 0. The highest BCUT2D eigenvalue weighted by Gasteiger charge is 2.10. The van der Waals surface area contributed by atoms with Gasteiger partial charge in [-0.05, 0) is 52.0 Å². The van der Waals surface area contributed by atoms with Gasteiger partial charge in [0.1, 0.15) is 11.6 Å². The van der Waals surface area contributed by atoms with Crippen LogP contribution < -0.4 is 0 Å². The zero-order valence-corrected chi connectivity index (χ0v) is 13.0. The second kappa shape index (κ2) is 6.98. The number of unbranched alkanes of at least 4 members (excludes halogenated alkanes) is 2. The van der Waals surface area contributed by atoms with Crippen molar-refractivity contribution in [2.45, 2.75) is 32.6 Å². The van der Waals surface area contributed by atoms with Crippen molar-refractivity contribution >= 4 is 15.9 Å². The summed E-state index contributed by atoms with van der Waals surface area (Å²) in [4.78, 5) is 0. The molecule has 0 spiro atoms. The van der Waals surface area contributed by atoms with Crippen LogP contribution in [0.3, 0.4) is 0 Å². The minimum atomic E-state index is -0.451. The van der Waals surface area contributed by atoms with E-state index in [1.807, 2.05) is 24.3 Å². The molecular weight excluding hydrogens is 322 g/mol. The molecule has 106 valence electrons. The molecule has 20 heavy (non-hydrogen) atoms. The van der Waals surface area contributed by atoms with E-state index in [2.05, 4.69) is 22.9 Å². The molecule has 0 nitrogen and oxygen atoms in total. The van der Waals surface area contributed by atoms with E-state index in [4.69, 9.17) is 0 Å². The zero-order chi connectivity index (χ0) is 14.5. The lowest BCUT2D eigenvalue weighted by atomic mass is 10.0. The standard InChI is InChI=1S/C17H17BrF2/c1-2-3-4-5-12-6-8-13(9-7-12)14-10-17(20)15(18)11-16(14)19/h6-11H,2-5H2,1H3. The summed E-state index contributed by atoms with van der Waals surface area (Å²) in [5.74, 6) is -0.870. The van der Waals surface area contributed by atoms with Crippen molar-refractivity contribution in [3.63, 3.8) is 0 Å². The molecule has 2 aromatic rings. The maximum atomic E-state index is 13.9. The summed E-state index contributed by atoms with van der Waals surface area (Å²) in [5.41, 5.74) is 2.24. The average Bonchev–Trinajstić information content (AvgIpc) is 2.44. The van der Waals surface area contributed by atoms with Crippen LogP contribution in [0, 0.1) is 11.6 Å². The molecule has 3 heteroatoms.